The maximum absolute atomic E-state index is 12.4. The van der Waals surface area contributed by atoms with E-state index in [-0.39, 0.29) is 11.7 Å². The van der Waals surface area contributed by atoms with E-state index in [1.807, 2.05) is 49.7 Å². The standard InChI is InChI=1S/C24H28N4O2S/c1-16-8-9-17(2)21(12-16)25-23(29)15-31-24-27-26-22(28(24)3)14-30-20-11-10-18-6-4-5-7-19(18)13-20/h8-13H,4-7,14-15H2,1-3H3,(H,25,29). The van der Waals surface area contributed by atoms with Crippen LogP contribution in [0.4, 0.5) is 5.69 Å². The molecule has 1 amide bonds. The molecule has 0 saturated heterocycles. The minimum absolute atomic E-state index is 0.0615. The number of aryl methyl sites for hydroxylation is 4. The fourth-order valence-corrected chi connectivity index (χ4v) is 4.46. The van der Waals surface area contributed by atoms with Crippen LogP contribution in [0.3, 0.4) is 0 Å². The Morgan fingerprint density at radius 2 is 1.90 bits per heavy atom. The Bertz CT molecular complexity index is 1090. The number of amides is 1. The zero-order valence-corrected chi connectivity index (χ0v) is 19.1. The van der Waals surface area contributed by atoms with Gasteiger partial charge < -0.3 is 14.6 Å². The number of benzene rings is 2. The summed E-state index contributed by atoms with van der Waals surface area (Å²) < 4.78 is 7.85. The maximum atomic E-state index is 12.4. The molecule has 2 aromatic carbocycles. The lowest BCUT2D eigenvalue weighted by Crippen LogP contribution is -2.15. The normalized spacial score (nSPS) is 13.0. The highest BCUT2D eigenvalue weighted by Crippen LogP contribution is 2.26. The molecule has 7 heteroatoms. The number of carbonyl (C=O) groups excluding carboxylic acids is 1. The molecule has 162 valence electrons. The fourth-order valence-electron chi connectivity index (χ4n) is 3.73. The molecule has 1 heterocycles. The molecule has 6 nitrogen and oxygen atoms in total. The van der Waals surface area contributed by atoms with Crippen molar-refractivity contribution in [1.82, 2.24) is 14.8 Å². The Morgan fingerprint density at radius 1 is 1.10 bits per heavy atom. The molecule has 0 unspecified atom stereocenters. The van der Waals surface area contributed by atoms with Crippen LogP contribution in [0.5, 0.6) is 5.75 Å². The van der Waals surface area contributed by atoms with Gasteiger partial charge in [-0.3, -0.25) is 4.79 Å². The average Bonchev–Trinajstić information content (AvgIpc) is 3.12. The molecule has 0 spiro atoms. The maximum Gasteiger partial charge on any atom is 0.234 e. The number of thioether (sulfide) groups is 1. The second-order valence-electron chi connectivity index (χ2n) is 8.04. The predicted octanol–water partition coefficient (Wildman–Crippen LogP) is 4.62. The van der Waals surface area contributed by atoms with Crippen LogP contribution in [-0.4, -0.2) is 26.4 Å². The molecule has 0 bridgehead atoms. The lowest BCUT2D eigenvalue weighted by atomic mass is 9.92. The van der Waals surface area contributed by atoms with Gasteiger partial charge >= 0.3 is 0 Å². The van der Waals surface area contributed by atoms with Crippen molar-refractivity contribution < 1.29 is 9.53 Å². The highest BCUT2D eigenvalue weighted by Gasteiger charge is 2.14. The van der Waals surface area contributed by atoms with Gasteiger partial charge in [-0.25, -0.2) is 0 Å². The van der Waals surface area contributed by atoms with Crippen molar-refractivity contribution >= 4 is 23.4 Å². The minimum Gasteiger partial charge on any atom is -0.486 e. The van der Waals surface area contributed by atoms with Gasteiger partial charge in [-0.15, -0.1) is 10.2 Å². The molecule has 0 aliphatic heterocycles. The zero-order valence-electron chi connectivity index (χ0n) is 18.3. The smallest absolute Gasteiger partial charge is 0.234 e. The topological polar surface area (TPSA) is 69.0 Å². The van der Waals surface area contributed by atoms with Gasteiger partial charge in [-0.2, -0.15) is 0 Å². The number of anilines is 1. The first kappa shape index (κ1) is 21.4. The third-order valence-electron chi connectivity index (χ3n) is 5.61. The van der Waals surface area contributed by atoms with Crippen molar-refractivity contribution in [2.45, 2.75) is 51.3 Å². The van der Waals surface area contributed by atoms with Crippen molar-refractivity contribution in [3.05, 3.63) is 64.5 Å². The summed E-state index contributed by atoms with van der Waals surface area (Å²) in [6.45, 7) is 4.34. The van der Waals surface area contributed by atoms with Gasteiger partial charge in [0.05, 0.1) is 5.75 Å². The van der Waals surface area contributed by atoms with Crippen LogP contribution in [0.15, 0.2) is 41.6 Å². The summed E-state index contributed by atoms with van der Waals surface area (Å²) in [5.74, 6) is 1.81. The van der Waals surface area contributed by atoms with Crippen molar-refractivity contribution in [3.8, 4) is 5.75 Å². The fraction of sp³-hybridized carbons (Fsp3) is 0.375. The Kier molecular flexibility index (Phi) is 6.61. The van der Waals surface area contributed by atoms with Crippen LogP contribution in [0.25, 0.3) is 0 Å². The Labute approximate surface area is 187 Å². The molecule has 0 radical (unpaired) electrons. The molecule has 31 heavy (non-hydrogen) atoms. The number of carbonyl (C=O) groups is 1. The van der Waals surface area contributed by atoms with E-state index in [0.717, 1.165) is 41.2 Å². The van der Waals surface area contributed by atoms with Gasteiger partial charge in [-0.1, -0.05) is 30.0 Å². The number of ether oxygens (including phenoxy) is 1. The van der Waals surface area contributed by atoms with E-state index in [4.69, 9.17) is 4.74 Å². The van der Waals surface area contributed by atoms with Gasteiger partial charge in [0, 0.05) is 12.7 Å². The average molecular weight is 437 g/mol. The number of fused-ring (bicyclic) bond motifs is 1. The van der Waals surface area contributed by atoms with Gasteiger partial charge in [0.2, 0.25) is 5.91 Å². The number of hydrogen-bond donors (Lipinski definition) is 1. The monoisotopic (exact) mass is 436 g/mol. The van der Waals surface area contributed by atoms with Crippen molar-refractivity contribution in [2.24, 2.45) is 7.05 Å². The molecule has 0 fully saturated rings. The van der Waals surface area contributed by atoms with E-state index in [1.54, 1.807) is 0 Å². The van der Waals surface area contributed by atoms with Gasteiger partial charge in [0.15, 0.2) is 11.0 Å². The molecule has 4 rings (SSSR count). The summed E-state index contributed by atoms with van der Waals surface area (Å²) in [5.41, 5.74) is 5.85. The number of nitrogens with zero attached hydrogens (tertiary/aromatic N) is 3. The highest BCUT2D eigenvalue weighted by atomic mass is 32.2. The summed E-state index contributed by atoms with van der Waals surface area (Å²) in [6.07, 6.45) is 4.81. The molecule has 0 atom stereocenters. The zero-order chi connectivity index (χ0) is 21.8. The van der Waals surface area contributed by atoms with Gasteiger partial charge in [0.25, 0.3) is 0 Å². The Hall–Kier alpha value is -2.80. The first-order chi connectivity index (χ1) is 15.0. The van der Waals surface area contributed by atoms with Crippen LogP contribution < -0.4 is 10.1 Å². The molecule has 0 saturated carbocycles. The quantitative estimate of drug-likeness (QED) is 0.547. The number of hydrogen-bond acceptors (Lipinski definition) is 5. The summed E-state index contributed by atoms with van der Waals surface area (Å²) in [5, 5.41) is 12.1. The van der Waals surface area contributed by atoms with Crippen LogP contribution in [0.1, 0.15) is 40.9 Å². The molecular weight excluding hydrogens is 408 g/mol. The number of aromatic nitrogens is 3. The molecule has 1 aromatic heterocycles. The number of rotatable bonds is 7. The van der Waals surface area contributed by atoms with E-state index in [2.05, 4.69) is 27.6 Å². The van der Waals surface area contributed by atoms with Crippen molar-refractivity contribution in [2.75, 3.05) is 11.1 Å². The van der Waals surface area contributed by atoms with Crippen LogP contribution >= 0.6 is 11.8 Å². The van der Waals surface area contributed by atoms with E-state index in [1.165, 1.54) is 35.7 Å². The second kappa shape index (κ2) is 9.56. The lowest BCUT2D eigenvalue weighted by Gasteiger charge is -2.16. The summed E-state index contributed by atoms with van der Waals surface area (Å²) in [7, 11) is 1.90. The largest absolute Gasteiger partial charge is 0.486 e. The third-order valence-corrected chi connectivity index (χ3v) is 6.63. The third kappa shape index (κ3) is 5.28. The van der Waals surface area contributed by atoms with Crippen LogP contribution in [0.2, 0.25) is 0 Å². The SMILES string of the molecule is Cc1ccc(C)c(NC(=O)CSc2nnc(COc3ccc4c(c3)CCCC4)n2C)c1. The first-order valence-corrected chi connectivity index (χ1v) is 11.6. The predicted molar refractivity (Wildman–Crippen MR) is 124 cm³/mol. The Balaban J connectivity index is 1.32. The van der Waals surface area contributed by atoms with Crippen molar-refractivity contribution in [3.63, 3.8) is 0 Å². The van der Waals surface area contributed by atoms with Crippen LogP contribution in [0, 0.1) is 13.8 Å². The molecule has 1 aliphatic rings. The van der Waals surface area contributed by atoms with E-state index in [9.17, 15) is 4.79 Å². The van der Waals surface area contributed by atoms with E-state index < -0.39 is 0 Å². The van der Waals surface area contributed by atoms with E-state index >= 15 is 0 Å². The van der Waals surface area contributed by atoms with Gasteiger partial charge in [-0.05, 0) is 80.0 Å². The Morgan fingerprint density at radius 3 is 2.74 bits per heavy atom. The lowest BCUT2D eigenvalue weighted by molar-refractivity contribution is -0.113. The summed E-state index contributed by atoms with van der Waals surface area (Å²) in [4.78, 5) is 12.4. The van der Waals surface area contributed by atoms with Crippen molar-refractivity contribution in [1.29, 1.82) is 0 Å². The molecule has 1 aliphatic carbocycles. The molecule has 1 N–H and O–H groups in total. The van der Waals surface area contributed by atoms with Crippen LogP contribution in [-0.2, 0) is 31.3 Å². The van der Waals surface area contributed by atoms with E-state index in [0.29, 0.717) is 11.8 Å². The molecular formula is C24H28N4O2S. The first-order valence-electron chi connectivity index (χ1n) is 10.6. The summed E-state index contributed by atoms with van der Waals surface area (Å²) >= 11 is 1.37. The summed E-state index contributed by atoms with van der Waals surface area (Å²) in [6, 6.07) is 12.4. The van der Waals surface area contributed by atoms with Gasteiger partial charge in [0.1, 0.15) is 12.4 Å². The minimum atomic E-state index is -0.0615. The number of nitrogens with one attached hydrogen (secondary N) is 1. The highest BCUT2D eigenvalue weighted by molar-refractivity contribution is 7.99. The molecule has 3 aromatic rings. The second-order valence-corrected chi connectivity index (χ2v) is 8.98.